The Balaban J connectivity index is 2.26. The average molecular weight is 222 g/mol. The van der Waals surface area contributed by atoms with Crippen molar-refractivity contribution in [3.05, 3.63) is 34.2 Å². The zero-order valence-corrected chi connectivity index (χ0v) is 8.85. The van der Waals surface area contributed by atoms with Gasteiger partial charge in [-0.1, -0.05) is 0 Å². The number of rotatable bonds is 2. The van der Waals surface area contributed by atoms with E-state index in [0.717, 1.165) is 12.8 Å². The predicted octanol–water partition coefficient (Wildman–Crippen LogP) is -0.0282. The average Bonchev–Trinajstić information content (AvgIpc) is 2.77. The number of amides is 1. The largest absolute Gasteiger partial charge is 0.394 e. The van der Waals surface area contributed by atoms with E-state index in [1.54, 1.807) is 11.0 Å². The highest BCUT2D eigenvalue weighted by Gasteiger charge is 2.29. The van der Waals surface area contributed by atoms with Gasteiger partial charge in [0.05, 0.1) is 12.6 Å². The first-order valence-electron chi connectivity index (χ1n) is 5.33. The second kappa shape index (κ2) is 4.49. The van der Waals surface area contributed by atoms with Gasteiger partial charge in [0.15, 0.2) is 0 Å². The van der Waals surface area contributed by atoms with Crippen LogP contribution in [-0.2, 0) is 0 Å². The lowest BCUT2D eigenvalue weighted by atomic mass is 10.2. The molecular weight excluding hydrogens is 208 g/mol. The number of carbonyl (C=O) groups excluding carboxylic acids is 1. The minimum Gasteiger partial charge on any atom is -0.394 e. The number of likely N-dealkylation sites (tertiary alicyclic amines) is 1. The van der Waals surface area contributed by atoms with Crippen LogP contribution < -0.4 is 5.56 Å². The van der Waals surface area contributed by atoms with Crippen molar-refractivity contribution < 1.29 is 9.90 Å². The summed E-state index contributed by atoms with van der Waals surface area (Å²) in [7, 11) is 0. The molecule has 5 heteroatoms. The van der Waals surface area contributed by atoms with Crippen molar-refractivity contribution in [1.29, 1.82) is 0 Å². The van der Waals surface area contributed by atoms with Crippen molar-refractivity contribution in [2.45, 2.75) is 18.9 Å². The third-order valence-electron chi connectivity index (χ3n) is 2.90. The zero-order chi connectivity index (χ0) is 11.5. The summed E-state index contributed by atoms with van der Waals surface area (Å²) in [5.74, 6) is -0.293. The molecule has 0 bridgehead atoms. The van der Waals surface area contributed by atoms with Crippen LogP contribution in [0.2, 0.25) is 0 Å². The topological polar surface area (TPSA) is 73.4 Å². The lowest BCUT2D eigenvalue weighted by molar-refractivity contribution is 0.0676. The molecule has 1 aromatic heterocycles. The van der Waals surface area contributed by atoms with E-state index in [-0.39, 0.29) is 29.7 Å². The predicted molar refractivity (Wildman–Crippen MR) is 58.2 cm³/mol. The van der Waals surface area contributed by atoms with Gasteiger partial charge in [0.2, 0.25) is 0 Å². The molecule has 2 heterocycles. The van der Waals surface area contributed by atoms with E-state index in [1.165, 1.54) is 12.3 Å². The molecule has 1 atom stereocenters. The highest BCUT2D eigenvalue weighted by atomic mass is 16.3. The number of carbonyl (C=O) groups is 1. The van der Waals surface area contributed by atoms with E-state index in [0.29, 0.717) is 6.54 Å². The van der Waals surface area contributed by atoms with Gasteiger partial charge >= 0.3 is 0 Å². The number of aromatic nitrogens is 1. The van der Waals surface area contributed by atoms with Gasteiger partial charge in [0.25, 0.3) is 11.5 Å². The molecule has 0 saturated carbocycles. The molecule has 1 fully saturated rings. The van der Waals surface area contributed by atoms with Crippen LogP contribution in [0.15, 0.2) is 23.1 Å². The van der Waals surface area contributed by atoms with E-state index in [4.69, 9.17) is 5.11 Å². The number of aliphatic hydroxyl groups excluding tert-OH is 1. The van der Waals surface area contributed by atoms with Crippen LogP contribution >= 0.6 is 0 Å². The smallest absolute Gasteiger partial charge is 0.260 e. The molecule has 1 saturated heterocycles. The van der Waals surface area contributed by atoms with Gasteiger partial charge in [-0.3, -0.25) is 9.59 Å². The normalized spacial score (nSPS) is 20.1. The standard InChI is InChI=1S/C11H14N2O3/c14-7-8-3-2-6-13(8)11(16)9-4-1-5-12-10(9)15/h1,4-5,8,14H,2-3,6-7H2,(H,12,15)/t8-/m0/s1. The summed E-state index contributed by atoms with van der Waals surface area (Å²) in [6, 6.07) is 2.99. The fraction of sp³-hybridized carbons (Fsp3) is 0.455. The number of nitrogens with zero attached hydrogens (tertiary/aromatic N) is 1. The lowest BCUT2D eigenvalue weighted by Crippen LogP contribution is -2.39. The van der Waals surface area contributed by atoms with Gasteiger partial charge in [-0.05, 0) is 25.0 Å². The summed E-state index contributed by atoms with van der Waals surface area (Å²) < 4.78 is 0. The molecule has 5 nitrogen and oxygen atoms in total. The number of aromatic amines is 1. The maximum atomic E-state index is 12.0. The third-order valence-corrected chi connectivity index (χ3v) is 2.90. The SMILES string of the molecule is O=C(c1ccc[nH]c1=O)N1CCC[C@H]1CO. The summed E-state index contributed by atoms with van der Waals surface area (Å²) >= 11 is 0. The van der Waals surface area contributed by atoms with Gasteiger partial charge in [-0.15, -0.1) is 0 Å². The van der Waals surface area contributed by atoms with Crippen molar-refractivity contribution >= 4 is 5.91 Å². The molecule has 1 aliphatic rings. The molecule has 1 aliphatic heterocycles. The lowest BCUT2D eigenvalue weighted by Gasteiger charge is -2.22. The molecule has 86 valence electrons. The quantitative estimate of drug-likeness (QED) is 0.738. The first-order chi connectivity index (χ1) is 7.74. The molecule has 0 aliphatic carbocycles. The minimum absolute atomic E-state index is 0.0452. The Morgan fingerprint density at radius 2 is 2.44 bits per heavy atom. The van der Waals surface area contributed by atoms with Crippen LogP contribution in [0.25, 0.3) is 0 Å². The monoisotopic (exact) mass is 222 g/mol. The van der Waals surface area contributed by atoms with Crippen LogP contribution in [0.4, 0.5) is 0 Å². The second-order valence-corrected chi connectivity index (χ2v) is 3.89. The Morgan fingerprint density at radius 1 is 1.62 bits per heavy atom. The maximum Gasteiger partial charge on any atom is 0.260 e. The molecular formula is C11H14N2O3. The molecule has 1 amide bonds. The van der Waals surface area contributed by atoms with Crippen LogP contribution in [0, 0.1) is 0 Å². The number of nitrogens with one attached hydrogen (secondary N) is 1. The molecule has 0 unspecified atom stereocenters. The Kier molecular flexibility index (Phi) is 3.05. The Morgan fingerprint density at radius 3 is 3.12 bits per heavy atom. The summed E-state index contributed by atoms with van der Waals surface area (Å²) in [6.07, 6.45) is 3.17. The third kappa shape index (κ3) is 1.86. The fourth-order valence-corrected chi connectivity index (χ4v) is 2.04. The molecule has 16 heavy (non-hydrogen) atoms. The van der Waals surface area contributed by atoms with Crippen LogP contribution in [0.3, 0.4) is 0 Å². The zero-order valence-electron chi connectivity index (χ0n) is 8.85. The number of aliphatic hydroxyl groups is 1. The van der Waals surface area contributed by atoms with E-state index in [9.17, 15) is 9.59 Å². The fourth-order valence-electron chi connectivity index (χ4n) is 2.04. The summed E-state index contributed by atoms with van der Waals surface area (Å²) in [6.45, 7) is 0.564. The van der Waals surface area contributed by atoms with Crippen molar-refractivity contribution in [3.63, 3.8) is 0 Å². The number of hydrogen-bond donors (Lipinski definition) is 2. The molecule has 0 radical (unpaired) electrons. The van der Waals surface area contributed by atoms with E-state index >= 15 is 0 Å². The first-order valence-corrected chi connectivity index (χ1v) is 5.33. The van der Waals surface area contributed by atoms with Crippen molar-refractivity contribution in [2.75, 3.05) is 13.2 Å². The number of pyridine rings is 1. The molecule has 0 aromatic carbocycles. The maximum absolute atomic E-state index is 12.0. The van der Waals surface area contributed by atoms with Crippen LogP contribution in [0.5, 0.6) is 0 Å². The van der Waals surface area contributed by atoms with Crippen molar-refractivity contribution in [3.8, 4) is 0 Å². The van der Waals surface area contributed by atoms with Gasteiger partial charge < -0.3 is 15.0 Å². The highest BCUT2D eigenvalue weighted by Crippen LogP contribution is 2.18. The van der Waals surface area contributed by atoms with Crippen molar-refractivity contribution in [2.24, 2.45) is 0 Å². The van der Waals surface area contributed by atoms with Gasteiger partial charge in [0.1, 0.15) is 5.56 Å². The molecule has 2 N–H and O–H groups in total. The Hall–Kier alpha value is -1.62. The van der Waals surface area contributed by atoms with E-state index in [2.05, 4.69) is 4.98 Å². The summed E-state index contributed by atoms with van der Waals surface area (Å²) in [5, 5.41) is 9.12. The van der Waals surface area contributed by atoms with Crippen LogP contribution in [-0.4, -0.2) is 40.1 Å². The Labute approximate surface area is 92.7 Å². The number of H-pyrrole nitrogens is 1. The first kappa shape index (κ1) is 10.9. The van der Waals surface area contributed by atoms with Gasteiger partial charge in [0, 0.05) is 12.7 Å². The van der Waals surface area contributed by atoms with Gasteiger partial charge in [-0.2, -0.15) is 0 Å². The summed E-state index contributed by atoms with van der Waals surface area (Å²) in [5.41, 5.74) is -0.237. The highest BCUT2D eigenvalue weighted by molar-refractivity contribution is 5.94. The van der Waals surface area contributed by atoms with E-state index in [1.807, 2.05) is 0 Å². The summed E-state index contributed by atoms with van der Waals surface area (Å²) in [4.78, 5) is 27.5. The molecule has 0 spiro atoms. The molecule has 2 rings (SSSR count). The van der Waals surface area contributed by atoms with Crippen LogP contribution in [0.1, 0.15) is 23.2 Å². The number of hydrogen-bond acceptors (Lipinski definition) is 3. The second-order valence-electron chi connectivity index (χ2n) is 3.89. The van der Waals surface area contributed by atoms with Gasteiger partial charge in [-0.25, -0.2) is 0 Å². The van der Waals surface area contributed by atoms with Crippen molar-refractivity contribution in [1.82, 2.24) is 9.88 Å². The van der Waals surface area contributed by atoms with E-state index < -0.39 is 0 Å². The minimum atomic E-state index is -0.379. The Bertz CT molecular complexity index is 441. The molecule has 1 aromatic rings.